The highest BCUT2D eigenvalue weighted by Crippen LogP contribution is 2.40. The van der Waals surface area contributed by atoms with Crippen molar-refractivity contribution in [2.75, 3.05) is 5.73 Å². The van der Waals surface area contributed by atoms with Gasteiger partial charge in [0.15, 0.2) is 0 Å². The molecule has 5 aromatic rings. The molecule has 2 heterocycles. The third kappa shape index (κ3) is 1.39. The lowest BCUT2D eigenvalue weighted by Gasteiger charge is -2.16. The number of nitrogens with one attached hydrogen (secondary N) is 1. The van der Waals surface area contributed by atoms with Gasteiger partial charge >= 0.3 is 0 Å². The Bertz CT molecular complexity index is 1410. The first-order valence-electron chi connectivity index (χ1n) is 7.66. The standard InChI is InChI=1S/C19H13N3O2/c1-22-13-7-6-12-17-15(13)11(8-14(22)23)9-4-2-3-5-10(9)16(17)18(20)19(24)21-12/h2-8H,20H2,1H3,(H,21,24). The average Bonchev–Trinajstić information content (AvgIpc) is 2.59. The zero-order valence-electron chi connectivity index (χ0n) is 12.9. The number of rotatable bonds is 0. The van der Waals surface area contributed by atoms with Crippen molar-refractivity contribution in [3.05, 3.63) is 63.2 Å². The predicted octanol–water partition coefficient (Wildman–Crippen LogP) is 2.71. The van der Waals surface area contributed by atoms with E-state index in [-0.39, 0.29) is 16.8 Å². The Balaban J connectivity index is 2.36. The summed E-state index contributed by atoms with van der Waals surface area (Å²) in [7, 11) is 1.75. The highest BCUT2D eigenvalue weighted by molar-refractivity contribution is 6.34. The molecule has 24 heavy (non-hydrogen) atoms. The molecular weight excluding hydrogens is 302 g/mol. The number of hydrogen-bond donors (Lipinski definition) is 2. The fourth-order valence-electron chi connectivity index (χ4n) is 3.78. The maximum Gasteiger partial charge on any atom is 0.272 e. The van der Waals surface area contributed by atoms with Crippen LogP contribution < -0.4 is 16.9 Å². The van der Waals surface area contributed by atoms with Crippen molar-refractivity contribution in [2.45, 2.75) is 0 Å². The third-order valence-electron chi connectivity index (χ3n) is 4.91. The van der Waals surface area contributed by atoms with Crippen molar-refractivity contribution in [2.24, 2.45) is 7.05 Å². The van der Waals surface area contributed by atoms with Crippen molar-refractivity contribution >= 4 is 49.0 Å². The Hall–Kier alpha value is -3.34. The zero-order valence-corrected chi connectivity index (χ0v) is 12.9. The second-order valence-corrected chi connectivity index (χ2v) is 6.13. The summed E-state index contributed by atoms with van der Waals surface area (Å²) in [5, 5.41) is 5.30. The van der Waals surface area contributed by atoms with Gasteiger partial charge in [0.05, 0.1) is 5.52 Å². The molecule has 2 aromatic heterocycles. The Kier molecular flexibility index (Phi) is 2.27. The van der Waals surface area contributed by atoms with Crippen molar-refractivity contribution < 1.29 is 0 Å². The van der Waals surface area contributed by atoms with Gasteiger partial charge in [-0.3, -0.25) is 9.59 Å². The van der Waals surface area contributed by atoms with E-state index < -0.39 is 0 Å². The summed E-state index contributed by atoms with van der Waals surface area (Å²) in [5.41, 5.74) is 7.56. The number of H-pyrrole nitrogens is 1. The maximum absolute atomic E-state index is 12.4. The number of aryl methyl sites for hydroxylation is 1. The normalized spacial score (nSPS) is 12.0. The minimum Gasteiger partial charge on any atom is -0.394 e. The first-order valence-corrected chi connectivity index (χ1v) is 7.66. The largest absolute Gasteiger partial charge is 0.394 e. The van der Waals surface area contributed by atoms with Crippen LogP contribution in [0.1, 0.15) is 0 Å². The number of nitrogens with zero attached hydrogens (tertiary/aromatic N) is 1. The molecule has 0 aliphatic heterocycles. The SMILES string of the molecule is Cn1c(=O)cc2c3ccccc3c3c(N)c(=O)[nH]c4ccc1c2c43. The van der Waals surface area contributed by atoms with Crippen LogP contribution in [-0.4, -0.2) is 9.55 Å². The summed E-state index contributed by atoms with van der Waals surface area (Å²) in [4.78, 5) is 27.5. The van der Waals surface area contributed by atoms with Crippen molar-refractivity contribution in [1.82, 2.24) is 9.55 Å². The Labute approximate surface area is 135 Å². The lowest BCUT2D eigenvalue weighted by atomic mass is 9.92. The Morgan fingerprint density at radius 3 is 2.46 bits per heavy atom. The molecule has 0 spiro atoms. The molecule has 116 valence electrons. The number of anilines is 1. The highest BCUT2D eigenvalue weighted by atomic mass is 16.1. The molecule has 0 bridgehead atoms. The van der Waals surface area contributed by atoms with Crippen LogP contribution in [0.3, 0.4) is 0 Å². The smallest absolute Gasteiger partial charge is 0.272 e. The quantitative estimate of drug-likeness (QED) is 0.340. The average molecular weight is 315 g/mol. The van der Waals surface area contributed by atoms with Gasteiger partial charge in [-0.15, -0.1) is 0 Å². The summed E-state index contributed by atoms with van der Waals surface area (Å²) in [6.45, 7) is 0. The van der Waals surface area contributed by atoms with Gasteiger partial charge in [-0.1, -0.05) is 24.3 Å². The van der Waals surface area contributed by atoms with E-state index in [1.807, 2.05) is 36.4 Å². The molecule has 0 radical (unpaired) electrons. The van der Waals surface area contributed by atoms with Crippen LogP contribution >= 0.6 is 0 Å². The van der Waals surface area contributed by atoms with Gasteiger partial charge in [-0.2, -0.15) is 0 Å². The van der Waals surface area contributed by atoms with Gasteiger partial charge in [0.1, 0.15) is 5.69 Å². The molecule has 5 heteroatoms. The number of benzene rings is 3. The van der Waals surface area contributed by atoms with Gasteiger partial charge in [0, 0.05) is 34.8 Å². The molecule has 0 aliphatic rings. The van der Waals surface area contributed by atoms with Gasteiger partial charge in [-0.05, 0) is 28.3 Å². The van der Waals surface area contributed by atoms with Crippen LogP contribution in [0.4, 0.5) is 5.69 Å². The molecule has 0 saturated heterocycles. The van der Waals surface area contributed by atoms with Gasteiger partial charge in [0.2, 0.25) is 0 Å². The Morgan fingerprint density at radius 2 is 1.67 bits per heavy atom. The van der Waals surface area contributed by atoms with Crippen LogP contribution in [-0.2, 0) is 7.05 Å². The number of aromatic amines is 1. The van der Waals surface area contributed by atoms with E-state index in [0.717, 1.165) is 43.4 Å². The fraction of sp³-hybridized carbons (Fsp3) is 0.0526. The lowest BCUT2D eigenvalue weighted by Crippen LogP contribution is -2.17. The third-order valence-corrected chi connectivity index (χ3v) is 4.91. The molecule has 0 aliphatic carbocycles. The summed E-state index contributed by atoms with van der Waals surface area (Å²) in [5.74, 6) is 0. The number of hydrogen-bond acceptors (Lipinski definition) is 3. The molecular formula is C19H13N3O2. The molecule has 0 atom stereocenters. The van der Waals surface area contributed by atoms with Crippen LogP contribution in [0.25, 0.3) is 43.4 Å². The summed E-state index contributed by atoms with van der Waals surface area (Å²) in [6, 6.07) is 13.1. The molecule has 3 N–H and O–H groups in total. The van der Waals surface area contributed by atoms with E-state index in [0.29, 0.717) is 0 Å². The van der Waals surface area contributed by atoms with Crippen LogP contribution in [0.2, 0.25) is 0 Å². The number of fused-ring (bicyclic) bond motifs is 3. The number of pyridine rings is 2. The summed E-state index contributed by atoms with van der Waals surface area (Å²) in [6.07, 6.45) is 0. The van der Waals surface area contributed by atoms with Crippen molar-refractivity contribution in [3.8, 4) is 0 Å². The molecule has 0 saturated carbocycles. The van der Waals surface area contributed by atoms with Crippen LogP contribution in [0, 0.1) is 0 Å². The molecule has 5 rings (SSSR count). The molecule has 0 unspecified atom stereocenters. The van der Waals surface area contributed by atoms with E-state index in [4.69, 9.17) is 5.73 Å². The van der Waals surface area contributed by atoms with E-state index >= 15 is 0 Å². The number of aromatic nitrogens is 2. The van der Waals surface area contributed by atoms with Crippen molar-refractivity contribution in [1.29, 1.82) is 0 Å². The monoisotopic (exact) mass is 315 g/mol. The zero-order chi connectivity index (χ0) is 16.6. The summed E-state index contributed by atoms with van der Waals surface area (Å²) >= 11 is 0. The number of nitrogen functional groups attached to an aromatic ring is 1. The van der Waals surface area contributed by atoms with Crippen LogP contribution in [0.15, 0.2) is 52.1 Å². The maximum atomic E-state index is 12.4. The Morgan fingerprint density at radius 1 is 0.917 bits per heavy atom. The first kappa shape index (κ1) is 13.1. The van der Waals surface area contributed by atoms with Crippen molar-refractivity contribution in [3.63, 3.8) is 0 Å². The van der Waals surface area contributed by atoms with E-state index in [1.165, 1.54) is 0 Å². The molecule has 0 amide bonds. The predicted molar refractivity (Wildman–Crippen MR) is 97.9 cm³/mol. The minimum atomic E-state index is -0.292. The second kappa shape index (κ2) is 4.14. The molecule has 3 aromatic carbocycles. The topological polar surface area (TPSA) is 80.9 Å². The van der Waals surface area contributed by atoms with E-state index in [9.17, 15) is 9.59 Å². The first-order chi connectivity index (χ1) is 11.6. The molecule has 0 fully saturated rings. The fourth-order valence-corrected chi connectivity index (χ4v) is 3.78. The second-order valence-electron chi connectivity index (χ2n) is 6.13. The summed E-state index contributed by atoms with van der Waals surface area (Å²) < 4.78 is 1.62. The van der Waals surface area contributed by atoms with Gasteiger partial charge in [0.25, 0.3) is 11.1 Å². The highest BCUT2D eigenvalue weighted by Gasteiger charge is 2.18. The molecule has 5 nitrogen and oxygen atoms in total. The van der Waals surface area contributed by atoms with E-state index in [2.05, 4.69) is 4.98 Å². The minimum absolute atomic E-state index is 0.0625. The van der Waals surface area contributed by atoms with Gasteiger partial charge in [-0.25, -0.2) is 0 Å². The van der Waals surface area contributed by atoms with Crippen LogP contribution in [0.5, 0.6) is 0 Å². The van der Waals surface area contributed by atoms with Gasteiger partial charge < -0.3 is 15.3 Å². The number of nitrogens with two attached hydrogens (primary N) is 1. The lowest BCUT2D eigenvalue weighted by molar-refractivity contribution is 0.910. The van der Waals surface area contributed by atoms with E-state index in [1.54, 1.807) is 17.7 Å².